The molecule has 0 aliphatic rings. The SMILES string of the molecule is CC(C)CCOCCNC(=O)C(C)N. The molecule has 0 radical (unpaired) electrons. The summed E-state index contributed by atoms with van der Waals surface area (Å²) < 4.78 is 5.32. The Morgan fingerprint density at radius 3 is 2.50 bits per heavy atom. The number of nitrogens with two attached hydrogens (primary N) is 1. The fraction of sp³-hybridized carbons (Fsp3) is 0.900. The Kier molecular flexibility index (Phi) is 7.42. The van der Waals surface area contributed by atoms with Gasteiger partial charge in [-0.2, -0.15) is 0 Å². The highest BCUT2D eigenvalue weighted by atomic mass is 16.5. The van der Waals surface area contributed by atoms with E-state index in [1.54, 1.807) is 6.92 Å². The second-order valence-corrected chi connectivity index (χ2v) is 3.87. The quantitative estimate of drug-likeness (QED) is 0.591. The molecule has 0 fully saturated rings. The molecule has 1 unspecified atom stereocenters. The van der Waals surface area contributed by atoms with Crippen LogP contribution in [0.4, 0.5) is 0 Å². The lowest BCUT2D eigenvalue weighted by atomic mass is 10.1. The van der Waals surface area contributed by atoms with Crippen LogP contribution in [0.15, 0.2) is 0 Å². The molecule has 0 aromatic carbocycles. The lowest BCUT2D eigenvalue weighted by Crippen LogP contribution is -2.39. The Morgan fingerprint density at radius 1 is 1.36 bits per heavy atom. The van der Waals surface area contributed by atoms with Crippen molar-refractivity contribution < 1.29 is 9.53 Å². The summed E-state index contributed by atoms with van der Waals surface area (Å²) in [6.45, 7) is 7.83. The molecule has 0 bridgehead atoms. The van der Waals surface area contributed by atoms with Crippen molar-refractivity contribution in [2.24, 2.45) is 11.7 Å². The van der Waals surface area contributed by atoms with E-state index in [2.05, 4.69) is 19.2 Å². The standard InChI is InChI=1S/C10H22N2O2/c1-8(2)4-6-14-7-5-12-10(13)9(3)11/h8-9H,4-7,11H2,1-3H3,(H,12,13). The van der Waals surface area contributed by atoms with Gasteiger partial charge < -0.3 is 15.8 Å². The first-order chi connectivity index (χ1) is 6.54. The summed E-state index contributed by atoms with van der Waals surface area (Å²) in [5.74, 6) is 0.533. The molecule has 1 amide bonds. The number of ether oxygens (including phenoxy) is 1. The molecule has 0 saturated heterocycles. The van der Waals surface area contributed by atoms with Crippen LogP contribution in [0.2, 0.25) is 0 Å². The second-order valence-electron chi connectivity index (χ2n) is 3.87. The zero-order chi connectivity index (χ0) is 11.0. The van der Waals surface area contributed by atoms with E-state index in [0.717, 1.165) is 13.0 Å². The number of hydrogen-bond donors (Lipinski definition) is 2. The van der Waals surface area contributed by atoms with E-state index in [-0.39, 0.29) is 5.91 Å². The lowest BCUT2D eigenvalue weighted by molar-refractivity contribution is -0.122. The molecule has 14 heavy (non-hydrogen) atoms. The van der Waals surface area contributed by atoms with E-state index in [1.807, 2.05) is 0 Å². The van der Waals surface area contributed by atoms with Gasteiger partial charge in [0, 0.05) is 13.2 Å². The first-order valence-corrected chi connectivity index (χ1v) is 5.15. The number of amides is 1. The largest absolute Gasteiger partial charge is 0.380 e. The van der Waals surface area contributed by atoms with Crippen molar-refractivity contribution in [2.45, 2.75) is 33.2 Å². The maximum absolute atomic E-state index is 11.0. The molecule has 0 spiro atoms. The Bertz CT molecular complexity index is 158. The third kappa shape index (κ3) is 8.01. The molecule has 1 atom stereocenters. The molecule has 84 valence electrons. The molecule has 4 nitrogen and oxygen atoms in total. The molecule has 0 heterocycles. The molecular formula is C10H22N2O2. The van der Waals surface area contributed by atoms with Crippen molar-refractivity contribution in [1.82, 2.24) is 5.32 Å². The van der Waals surface area contributed by atoms with Crippen molar-refractivity contribution in [3.8, 4) is 0 Å². The van der Waals surface area contributed by atoms with Crippen LogP contribution in [0, 0.1) is 5.92 Å². The Hall–Kier alpha value is -0.610. The smallest absolute Gasteiger partial charge is 0.236 e. The highest BCUT2D eigenvalue weighted by Crippen LogP contribution is 1.98. The van der Waals surface area contributed by atoms with Gasteiger partial charge in [-0.15, -0.1) is 0 Å². The molecule has 0 aromatic rings. The summed E-state index contributed by atoms with van der Waals surface area (Å²) in [6, 6.07) is -0.439. The van der Waals surface area contributed by atoms with Crippen LogP contribution in [0.5, 0.6) is 0 Å². The van der Waals surface area contributed by atoms with E-state index in [1.165, 1.54) is 0 Å². The van der Waals surface area contributed by atoms with E-state index in [0.29, 0.717) is 19.1 Å². The molecule has 4 heteroatoms. The molecule has 0 saturated carbocycles. The summed E-state index contributed by atoms with van der Waals surface area (Å²) in [7, 11) is 0. The topological polar surface area (TPSA) is 64.3 Å². The monoisotopic (exact) mass is 202 g/mol. The zero-order valence-electron chi connectivity index (χ0n) is 9.38. The number of rotatable bonds is 7. The van der Waals surface area contributed by atoms with Crippen LogP contribution in [0.25, 0.3) is 0 Å². The van der Waals surface area contributed by atoms with Crippen LogP contribution in [-0.2, 0) is 9.53 Å². The summed E-state index contributed by atoms with van der Waals surface area (Å²) in [5, 5.41) is 2.68. The third-order valence-electron chi connectivity index (χ3n) is 1.80. The average Bonchev–Trinajstić information content (AvgIpc) is 2.09. The van der Waals surface area contributed by atoms with E-state index < -0.39 is 6.04 Å². The van der Waals surface area contributed by atoms with Gasteiger partial charge in [0.1, 0.15) is 0 Å². The first kappa shape index (κ1) is 13.4. The summed E-state index contributed by atoms with van der Waals surface area (Å²) >= 11 is 0. The molecule has 0 rings (SSSR count). The minimum Gasteiger partial charge on any atom is -0.380 e. The number of hydrogen-bond acceptors (Lipinski definition) is 3. The van der Waals surface area contributed by atoms with Gasteiger partial charge in [0.2, 0.25) is 5.91 Å². The highest BCUT2D eigenvalue weighted by Gasteiger charge is 2.04. The van der Waals surface area contributed by atoms with Crippen LogP contribution >= 0.6 is 0 Å². The van der Waals surface area contributed by atoms with Crippen molar-refractivity contribution in [1.29, 1.82) is 0 Å². The van der Waals surface area contributed by atoms with Gasteiger partial charge in [-0.05, 0) is 19.3 Å². The van der Waals surface area contributed by atoms with Gasteiger partial charge in [-0.1, -0.05) is 13.8 Å². The second kappa shape index (κ2) is 7.76. The van der Waals surface area contributed by atoms with Gasteiger partial charge >= 0.3 is 0 Å². The van der Waals surface area contributed by atoms with E-state index in [4.69, 9.17) is 10.5 Å². The van der Waals surface area contributed by atoms with Gasteiger partial charge in [0.05, 0.1) is 12.6 Å². The minimum atomic E-state index is -0.439. The normalized spacial score (nSPS) is 12.9. The Morgan fingerprint density at radius 2 is 2.00 bits per heavy atom. The third-order valence-corrected chi connectivity index (χ3v) is 1.80. The van der Waals surface area contributed by atoms with Gasteiger partial charge in [-0.3, -0.25) is 4.79 Å². The van der Waals surface area contributed by atoms with Gasteiger partial charge in [0.25, 0.3) is 0 Å². The fourth-order valence-electron chi connectivity index (χ4n) is 0.828. The predicted octanol–water partition coefficient (Wildman–Crippen LogP) is 0.513. The maximum Gasteiger partial charge on any atom is 0.236 e. The van der Waals surface area contributed by atoms with Crippen molar-refractivity contribution in [3.05, 3.63) is 0 Å². The van der Waals surface area contributed by atoms with Crippen LogP contribution < -0.4 is 11.1 Å². The van der Waals surface area contributed by atoms with Gasteiger partial charge in [0.15, 0.2) is 0 Å². The summed E-state index contributed by atoms with van der Waals surface area (Å²) in [5.41, 5.74) is 5.36. The minimum absolute atomic E-state index is 0.127. The fourth-order valence-corrected chi connectivity index (χ4v) is 0.828. The molecule has 0 aliphatic heterocycles. The van der Waals surface area contributed by atoms with Crippen molar-refractivity contribution >= 4 is 5.91 Å². The average molecular weight is 202 g/mol. The summed E-state index contributed by atoms with van der Waals surface area (Å²) in [4.78, 5) is 11.0. The molecule has 0 aromatic heterocycles. The Balaban J connectivity index is 3.18. The van der Waals surface area contributed by atoms with E-state index in [9.17, 15) is 4.79 Å². The zero-order valence-corrected chi connectivity index (χ0v) is 9.38. The molecular weight excluding hydrogens is 180 g/mol. The first-order valence-electron chi connectivity index (χ1n) is 5.15. The summed E-state index contributed by atoms with van der Waals surface area (Å²) in [6.07, 6.45) is 1.06. The van der Waals surface area contributed by atoms with Crippen molar-refractivity contribution in [3.63, 3.8) is 0 Å². The number of carbonyl (C=O) groups is 1. The van der Waals surface area contributed by atoms with Crippen LogP contribution in [0.3, 0.4) is 0 Å². The predicted molar refractivity (Wildman–Crippen MR) is 56.9 cm³/mol. The Labute approximate surface area is 86.2 Å². The molecule has 0 aliphatic carbocycles. The molecule has 3 N–H and O–H groups in total. The number of nitrogens with one attached hydrogen (secondary N) is 1. The van der Waals surface area contributed by atoms with Crippen LogP contribution in [0.1, 0.15) is 27.2 Å². The van der Waals surface area contributed by atoms with Gasteiger partial charge in [-0.25, -0.2) is 0 Å². The van der Waals surface area contributed by atoms with E-state index >= 15 is 0 Å². The van der Waals surface area contributed by atoms with Crippen LogP contribution in [-0.4, -0.2) is 31.7 Å². The number of carbonyl (C=O) groups excluding carboxylic acids is 1. The van der Waals surface area contributed by atoms with Crippen molar-refractivity contribution in [2.75, 3.05) is 19.8 Å². The highest BCUT2D eigenvalue weighted by molar-refractivity contribution is 5.80. The lowest BCUT2D eigenvalue weighted by Gasteiger charge is -2.09. The maximum atomic E-state index is 11.0.